The average Bonchev–Trinajstić information content (AvgIpc) is 3.13. The molecule has 0 saturated heterocycles. The molecule has 104 valence electrons. The third kappa shape index (κ3) is 2.15. The fraction of sp³-hybridized carbons (Fsp3) is 0.250. The molecule has 1 aliphatic carbocycles. The number of benzene rings is 2. The van der Waals surface area contributed by atoms with Gasteiger partial charge >= 0.3 is 0 Å². The van der Waals surface area contributed by atoms with Gasteiger partial charge in [-0.2, -0.15) is 0 Å². The molecule has 3 atom stereocenters. The van der Waals surface area contributed by atoms with Crippen molar-refractivity contribution in [3.8, 4) is 0 Å². The van der Waals surface area contributed by atoms with Crippen LogP contribution in [0.5, 0.6) is 0 Å². The molecule has 0 heterocycles. The minimum Gasteiger partial charge on any atom is -0.326 e. The summed E-state index contributed by atoms with van der Waals surface area (Å²) in [5.41, 5.74) is 8.19. The first-order chi connectivity index (χ1) is 9.51. The van der Waals surface area contributed by atoms with E-state index < -0.39 is 15.1 Å². The third-order valence-electron chi connectivity index (χ3n) is 3.90. The zero-order valence-corrected chi connectivity index (χ0v) is 12.0. The summed E-state index contributed by atoms with van der Waals surface area (Å²) in [5.74, 6) is -0.0965. The molecule has 1 fully saturated rings. The number of aryl methyl sites for hydroxylation is 1. The maximum absolute atomic E-state index is 12.6. The average molecular weight is 287 g/mol. The van der Waals surface area contributed by atoms with Crippen molar-refractivity contribution in [2.75, 3.05) is 0 Å². The number of sulfone groups is 1. The number of hydrogen-bond acceptors (Lipinski definition) is 3. The zero-order chi connectivity index (χ0) is 14.3. The van der Waals surface area contributed by atoms with E-state index >= 15 is 0 Å². The summed E-state index contributed by atoms with van der Waals surface area (Å²) in [6.07, 6.45) is 0. The second kappa shape index (κ2) is 4.72. The molecule has 3 nitrogen and oxygen atoms in total. The predicted molar refractivity (Wildman–Crippen MR) is 79.3 cm³/mol. The van der Waals surface area contributed by atoms with E-state index in [1.807, 2.05) is 37.3 Å². The fourth-order valence-corrected chi connectivity index (χ4v) is 4.74. The summed E-state index contributed by atoms with van der Waals surface area (Å²) in [5, 5.41) is -0.507. The van der Waals surface area contributed by atoms with E-state index in [1.165, 1.54) is 0 Å². The second-order valence-corrected chi connectivity index (χ2v) is 7.44. The van der Waals surface area contributed by atoms with Crippen molar-refractivity contribution < 1.29 is 8.42 Å². The highest BCUT2D eigenvalue weighted by atomic mass is 32.2. The molecule has 1 saturated carbocycles. The number of hydrogen-bond donors (Lipinski definition) is 1. The summed E-state index contributed by atoms with van der Waals surface area (Å²) in [6.45, 7) is 2.01. The van der Waals surface area contributed by atoms with Crippen molar-refractivity contribution in [1.29, 1.82) is 0 Å². The number of nitrogens with two attached hydrogens (primary N) is 1. The Morgan fingerprint density at radius 3 is 2.15 bits per heavy atom. The van der Waals surface area contributed by atoms with E-state index in [0.29, 0.717) is 4.90 Å². The Labute approximate surface area is 119 Å². The number of rotatable bonds is 3. The molecular formula is C16H17NO2S. The van der Waals surface area contributed by atoms with Gasteiger partial charge in [0, 0.05) is 12.0 Å². The highest BCUT2D eigenvalue weighted by Crippen LogP contribution is 2.46. The van der Waals surface area contributed by atoms with Gasteiger partial charge < -0.3 is 5.73 Å². The monoisotopic (exact) mass is 287 g/mol. The van der Waals surface area contributed by atoms with Crippen molar-refractivity contribution in [1.82, 2.24) is 0 Å². The standard InChI is InChI=1S/C16H17NO2S/c1-11-7-9-12(10-8-11)14-15(17)16(14)20(18,19)13-5-3-2-4-6-13/h2-10,14-16H,17H2,1H3/t14-,15+,16+/m1/s1. The second-order valence-electron chi connectivity index (χ2n) is 5.34. The van der Waals surface area contributed by atoms with Crippen molar-refractivity contribution in [3.05, 3.63) is 65.7 Å². The highest BCUT2D eigenvalue weighted by molar-refractivity contribution is 7.92. The van der Waals surface area contributed by atoms with Crippen LogP contribution in [-0.4, -0.2) is 19.7 Å². The van der Waals surface area contributed by atoms with E-state index in [0.717, 1.165) is 11.1 Å². The Morgan fingerprint density at radius 2 is 1.55 bits per heavy atom. The predicted octanol–water partition coefficient (Wildman–Crippen LogP) is 2.26. The quantitative estimate of drug-likeness (QED) is 0.942. The Bertz CT molecular complexity index is 708. The van der Waals surface area contributed by atoms with Crippen LogP contribution in [0.3, 0.4) is 0 Å². The summed E-state index contributed by atoms with van der Waals surface area (Å²) < 4.78 is 25.2. The topological polar surface area (TPSA) is 60.2 Å². The SMILES string of the molecule is Cc1ccc([C@@H]2[C@H](N)[C@H]2S(=O)(=O)c2ccccc2)cc1. The highest BCUT2D eigenvalue weighted by Gasteiger charge is 2.56. The fourth-order valence-electron chi connectivity index (χ4n) is 2.67. The van der Waals surface area contributed by atoms with Gasteiger partial charge in [-0.05, 0) is 24.6 Å². The van der Waals surface area contributed by atoms with Crippen LogP contribution in [-0.2, 0) is 9.84 Å². The van der Waals surface area contributed by atoms with Gasteiger partial charge in [-0.3, -0.25) is 0 Å². The van der Waals surface area contributed by atoms with Gasteiger partial charge in [0.1, 0.15) is 0 Å². The van der Waals surface area contributed by atoms with Crippen LogP contribution in [0.1, 0.15) is 17.0 Å². The van der Waals surface area contributed by atoms with Crippen LogP contribution in [0.4, 0.5) is 0 Å². The van der Waals surface area contributed by atoms with Gasteiger partial charge in [0.05, 0.1) is 10.1 Å². The lowest BCUT2D eigenvalue weighted by molar-refractivity contribution is 0.593. The van der Waals surface area contributed by atoms with E-state index in [-0.39, 0.29) is 12.0 Å². The summed E-state index contributed by atoms with van der Waals surface area (Å²) in [6, 6.07) is 16.2. The molecule has 2 N–H and O–H groups in total. The first-order valence-corrected chi connectivity index (χ1v) is 8.17. The third-order valence-corrected chi connectivity index (χ3v) is 6.15. The zero-order valence-electron chi connectivity index (χ0n) is 11.2. The molecule has 4 heteroatoms. The molecule has 3 rings (SSSR count). The van der Waals surface area contributed by atoms with Crippen LogP contribution in [0.15, 0.2) is 59.5 Å². The minimum atomic E-state index is -3.35. The molecule has 0 unspecified atom stereocenters. The Hall–Kier alpha value is -1.65. The molecule has 0 amide bonds. The van der Waals surface area contributed by atoms with Crippen molar-refractivity contribution >= 4 is 9.84 Å². The molecule has 0 aromatic heterocycles. The Balaban J connectivity index is 1.91. The smallest absolute Gasteiger partial charge is 0.183 e. The van der Waals surface area contributed by atoms with Gasteiger partial charge in [-0.15, -0.1) is 0 Å². The van der Waals surface area contributed by atoms with Crippen LogP contribution >= 0.6 is 0 Å². The maximum atomic E-state index is 12.6. The van der Waals surface area contributed by atoms with Gasteiger partial charge in [0.25, 0.3) is 0 Å². The van der Waals surface area contributed by atoms with Crippen molar-refractivity contribution in [3.63, 3.8) is 0 Å². The minimum absolute atomic E-state index is 0.0965. The molecule has 0 radical (unpaired) electrons. The lowest BCUT2D eigenvalue weighted by atomic mass is 10.1. The van der Waals surface area contributed by atoms with Crippen molar-refractivity contribution in [2.45, 2.75) is 29.0 Å². The van der Waals surface area contributed by atoms with Gasteiger partial charge in [-0.25, -0.2) is 8.42 Å². The lowest BCUT2D eigenvalue weighted by Crippen LogP contribution is -2.15. The summed E-state index contributed by atoms with van der Waals surface area (Å²) >= 11 is 0. The van der Waals surface area contributed by atoms with Gasteiger partial charge in [0.15, 0.2) is 9.84 Å². The van der Waals surface area contributed by atoms with Crippen molar-refractivity contribution in [2.24, 2.45) is 5.73 Å². The van der Waals surface area contributed by atoms with Crippen LogP contribution in [0.2, 0.25) is 0 Å². The first-order valence-electron chi connectivity index (χ1n) is 6.63. The molecule has 0 aliphatic heterocycles. The van der Waals surface area contributed by atoms with Gasteiger partial charge in [0.2, 0.25) is 0 Å². The van der Waals surface area contributed by atoms with E-state index in [1.54, 1.807) is 24.3 Å². The van der Waals surface area contributed by atoms with Crippen LogP contribution < -0.4 is 5.73 Å². The molecule has 2 aromatic carbocycles. The van der Waals surface area contributed by atoms with Crippen LogP contribution in [0, 0.1) is 6.92 Å². The molecule has 20 heavy (non-hydrogen) atoms. The van der Waals surface area contributed by atoms with Gasteiger partial charge in [-0.1, -0.05) is 48.0 Å². The maximum Gasteiger partial charge on any atom is 0.183 e. The van der Waals surface area contributed by atoms with E-state index in [2.05, 4.69) is 0 Å². The summed E-state index contributed by atoms with van der Waals surface area (Å²) in [7, 11) is -3.35. The van der Waals surface area contributed by atoms with E-state index in [9.17, 15) is 8.42 Å². The molecule has 0 bridgehead atoms. The molecule has 2 aromatic rings. The largest absolute Gasteiger partial charge is 0.326 e. The lowest BCUT2D eigenvalue weighted by Gasteiger charge is -2.04. The molecule has 0 spiro atoms. The molecule has 1 aliphatic rings. The molecular weight excluding hydrogens is 270 g/mol. The van der Waals surface area contributed by atoms with E-state index in [4.69, 9.17) is 5.73 Å². The van der Waals surface area contributed by atoms with Crippen LogP contribution in [0.25, 0.3) is 0 Å². The summed E-state index contributed by atoms with van der Waals surface area (Å²) in [4.78, 5) is 0.357. The Kier molecular flexibility index (Phi) is 3.15. The normalized spacial score (nSPS) is 25.4. The first kappa shape index (κ1) is 13.3. The Morgan fingerprint density at radius 1 is 0.950 bits per heavy atom.